The van der Waals surface area contributed by atoms with Crippen LogP contribution < -0.4 is 0 Å². The Morgan fingerprint density at radius 2 is 1.91 bits per heavy atom. The minimum Gasteiger partial charge on any atom is -0.366 e. The Kier molecular flexibility index (Phi) is 2.85. The van der Waals surface area contributed by atoms with Gasteiger partial charge in [-0.3, -0.25) is 9.59 Å². The van der Waals surface area contributed by atoms with Crippen LogP contribution >= 0.6 is 0 Å². The summed E-state index contributed by atoms with van der Waals surface area (Å²) >= 11 is 0. The van der Waals surface area contributed by atoms with Crippen molar-refractivity contribution in [2.75, 3.05) is 6.54 Å². The number of rotatable bonds is 1. The van der Waals surface area contributed by atoms with Crippen LogP contribution in [0.15, 0.2) is 35.0 Å². The molecule has 4 nitrogen and oxygen atoms in total. The molecule has 4 rings (SSSR count). The third kappa shape index (κ3) is 1.86. The first-order valence-electron chi connectivity index (χ1n) is 8.14. The van der Waals surface area contributed by atoms with E-state index in [1.54, 1.807) is 11.0 Å². The Hall–Kier alpha value is -1.72. The van der Waals surface area contributed by atoms with Crippen molar-refractivity contribution >= 4 is 19.8 Å². The number of nitrogens with zero attached hydrogens (tertiary/aromatic N) is 1. The molecule has 2 aliphatic heterocycles. The topological polar surface area (TPSA) is 57.6 Å². The normalized spacial score (nSPS) is 29.7. The van der Waals surface area contributed by atoms with E-state index in [4.69, 9.17) is 0 Å². The number of carbonyl (C=O) groups excluding carboxylic acids is 2. The Balaban J connectivity index is 1.87. The molecule has 23 heavy (non-hydrogen) atoms. The van der Waals surface area contributed by atoms with Crippen LogP contribution in [0.2, 0.25) is 19.6 Å². The number of piperidine rings is 1. The van der Waals surface area contributed by atoms with Crippen LogP contribution in [0, 0.1) is 5.92 Å². The van der Waals surface area contributed by atoms with Gasteiger partial charge in [-0.15, -0.1) is 0 Å². The maximum atomic E-state index is 12.7. The van der Waals surface area contributed by atoms with E-state index in [-0.39, 0.29) is 17.6 Å². The van der Waals surface area contributed by atoms with E-state index in [0.29, 0.717) is 30.5 Å². The molecule has 120 valence electrons. The third-order valence-electron chi connectivity index (χ3n) is 5.39. The average Bonchev–Trinajstić information content (AvgIpc) is 2.89. The summed E-state index contributed by atoms with van der Waals surface area (Å²) in [6.45, 7) is 6.98. The number of aliphatic hydroxyl groups is 1. The van der Waals surface area contributed by atoms with E-state index in [1.165, 1.54) is 0 Å². The number of fused-ring (bicyclic) bond motifs is 4. The van der Waals surface area contributed by atoms with Crippen molar-refractivity contribution in [3.63, 3.8) is 0 Å². The number of hydrogen-bond acceptors (Lipinski definition) is 3. The summed E-state index contributed by atoms with van der Waals surface area (Å²) in [6.07, 6.45) is 0.872. The van der Waals surface area contributed by atoms with Crippen LogP contribution in [0.25, 0.3) is 0 Å². The Morgan fingerprint density at radius 1 is 1.22 bits per heavy atom. The lowest BCUT2D eigenvalue weighted by molar-refractivity contribution is -0.117. The van der Waals surface area contributed by atoms with Crippen molar-refractivity contribution in [3.05, 3.63) is 46.2 Å². The molecule has 0 bridgehead atoms. The summed E-state index contributed by atoms with van der Waals surface area (Å²) < 4.78 is 0. The molecular weight excluding hydrogens is 306 g/mol. The van der Waals surface area contributed by atoms with Crippen molar-refractivity contribution in [2.24, 2.45) is 5.92 Å². The zero-order chi connectivity index (χ0) is 16.6. The summed E-state index contributed by atoms with van der Waals surface area (Å²) in [4.78, 5) is 26.8. The van der Waals surface area contributed by atoms with Crippen molar-refractivity contribution < 1.29 is 14.7 Å². The van der Waals surface area contributed by atoms with Crippen LogP contribution in [0.5, 0.6) is 0 Å². The van der Waals surface area contributed by atoms with Crippen LogP contribution in [0.3, 0.4) is 0 Å². The highest BCUT2D eigenvalue weighted by Gasteiger charge is 2.55. The van der Waals surface area contributed by atoms with Crippen LogP contribution in [0.4, 0.5) is 0 Å². The van der Waals surface area contributed by atoms with E-state index < -0.39 is 13.8 Å². The van der Waals surface area contributed by atoms with Gasteiger partial charge in [0.05, 0.1) is 8.07 Å². The van der Waals surface area contributed by atoms with E-state index >= 15 is 0 Å². The van der Waals surface area contributed by atoms with Gasteiger partial charge in [0.15, 0.2) is 11.5 Å². The summed E-state index contributed by atoms with van der Waals surface area (Å²) in [5.41, 5.74) is 1.11. The lowest BCUT2D eigenvalue weighted by Crippen LogP contribution is -2.50. The highest BCUT2D eigenvalue weighted by atomic mass is 28.3. The third-order valence-corrected chi connectivity index (χ3v) is 7.49. The number of carbonyl (C=O) groups is 2. The van der Waals surface area contributed by atoms with Crippen LogP contribution in [-0.2, 0) is 10.5 Å². The fourth-order valence-corrected chi connectivity index (χ4v) is 6.72. The summed E-state index contributed by atoms with van der Waals surface area (Å²) in [5, 5.41) is 12.3. The SMILES string of the molecule is C[Si](C)(C)C1=C2CC3(O)c4ccccc4C(=O)N3CC2CC1=O. The van der Waals surface area contributed by atoms with Crippen molar-refractivity contribution in [2.45, 2.75) is 38.2 Å². The fraction of sp³-hybridized carbons (Fsp3) is 0.444. The fourth-order valence-electron chi connectivity index (χ4n) is 4.53. The molecule has 0 radical (unpaired) electrons. The number of hydrogen-bond donors (Lipinski definition) is 1. The molecule has 1 aliphatic carbocycles. The lowest BCUT2D eigenvalue weighted by Gasteiger charge is -2.42. The molecule has 2 heterocycles. The van der Waals surface area contributed by atoms with Gasteiger partial charge in [0.2, 0.25) is 0 Å². The van der Waals surface area contributed by atoms with Crippen molar-refractivity contribution in [3.8, 4) is 0 Å². The van der Waals surface area contributed by atoms with E-state index in [9.17, 15) is 14.7 Å². The first kappa shape index (κ1) is 14.8. The molecule has 5 heteroatoms. The highest BCUT2D eigenvalue weighted by Crippen LogP contribution is 2.51. The van der Waals surface area contributed by atoms with Gasteiger partial charge < -0.3 is 10.0 Å². The van der Waals surface area contributed by atoms with Crippen molar-refractivity contribution in [1.82, 2.24) is 4.90 Å². The number of amides is 1. The smallest absolute Gasteiger partial charge is 0.256 e. The highest BCUT2D eigenvalue weighted by molar-refractivity contribution is 6.87. The predicted molar refractivity (Wildman–Crippen MR) is 89.5 cm³/mol. The lowest BCUT2D eigenvalue weighted by atomic mass is 9.85. The van der Waals surface area contributed by atoms with Gasteiger partial charge in [-0.1, -0.05) is 43.4 Å². The molecule has 1 N–H and O–H groups in total. The predicted octanol–water partition coefficient (Wildman–Crippen LogP) is 2.45. The van der Waals surface area contributed by atoms with Gasteiger partial charge in [-0.05, 0) is 11.3 Å². The molecule has 2 atom stereocenters. The monoisotopic (exact) mass is 327 g/mol. The first-order chi connectivity index (χ1) is 10.7. The van der Waals surface area contributed by atoms with Crippen LogP contribution in [0.1, 0.15) is 28.8 Å². The number of Topliss-reactive ketones (excluding diaryl/α,β-unsaturated/α-hetero) is 1. The van der Waals surface area contributed by atoms with Gasteiger partial charge >= 0.3 is 0 Å². The van der Waals surface area contributed by atoms with Gasteiger partial charge in [-0.25, -0.2) is 0 Å². The Morgan fingerprint density at radius 3 is 2.61 bits per heavy atom. The van der Waals surface area contributed by atoms with Gasteiger partial charge in [0.25, 0.3) is 5.91 Å². The summed E-state index contributed by atoms with van der Waals surface area (Å²) in [6, 6.07) is 7.30. The number of ketones is 1. The molecule has 0 aromatic heterocycles. The average molecular weight is 327 g/mol. The minimum atomic E-state index is -1.77. The molecule has 1 aromatic carbocycles. The molecule has 2 unspecified atom stereocenters. The van der Waals surface area contributed by atoms with E-state index in [0.717, 1.165) is 10.8 Å². The number of allylic oxidation sites excluding steroid dienone is 1. The zero-order valence-electron chi connectivity index (χ0n) is 13.7. The second-order valence-corrected chi connectivity index (χ2v) is 12.9. The van der Waals surface area contributed by atoms with Gasteiger partial charge in [0, 0.05) is 36.4 Å². The maximum Gasteiger partial charge on any atom is 0.256 e. The van der Waals surface area contributed by atoms with Crippen LogP contribution in [-0.4, -0.2) is 36.3 Å². The molecule has 1 amide bonds. The summed E-state index contributed by atoms with van der Waals surface area (Å²) in [7, 11) is -1.77. The first-order valence-corrected chi connectivity index (χ1v) is 11.6. The molecule has 0 spiro atoms. The van der Waals surface area contributed by atoms with Gasteiger partial charge in [-0.2, -0.15) is 0 Å². The minimum absolute atomic E-state index is 0.0859. The molecule has 1 saturated heterocycles. The Labute approximate surface area is 136 Å². The standard InChI is InChI=1S/C18H21NO3Si/c1-23(2,3)16-13-9-18(22)14-7-5-4-6-12(14)17(21)19(18)10-11(13)8-15(16)20/h4-7,11,22H,8-10H2,1-3H3. The van der Waals surface area contributed by atoms with E-state index in [2.05, 4.69) is 19.6 Å². The quantitative estimate of drug-likeness (QED) is 0.806. The molecule has 1 fully saturated rings. The molecular formula is C18H21NO3Si. The van der Waals surface area contributed by atoms with E-state index in [1.807, 2.05) is 18.2 Å². The largest absolute Gasteiger partial charge is 0.366 e. The molecule has 1 aromatic rings. The molecule has 3 aliphatic rings. The van der Waals surface area contributed by atoms with Gasteiger partial charge in [0.1, 0.15) is 0 Å². The zero-order valence-corrected chi connectivity index (χ0v) is 14.7. The number of benzene rings is 1. The molecule has 0 saturated carbocycles. The van der Waals surface area contributed by atoms with Crippen molar-refractivity contribution in [1.29, 1.82) is 0 Å². The Bertz CT molecular complexity index is 777. The summed E-state index contributed by atoms with van der Waals surface area (Å²) in [5.74, 6) is 0.202. The maximum absolute atomic E-state index is 12.7. The second kappa shape index (κ2) is 4.42. The second-order valence-electron chi connectivity index (χ2n) is 7.93.